The second kappa shape index (κ2) is 5.07. The van der Waals surface area contributed by atoms with Crippen molar-refractivity contribution in [3.63, 3.8) is 0 Å². The number of piperidine rings is 1. The highest BCUT2D eigenvalue weighted by molar-refractivity contribution is 7.72. The number of nitrogens with one attached hydrogen (secondary N) is 1. The molecule has 0 amide bonds. The van der Waals surface area contributed by atoms with Crippen molar-refractivity contribution in [2.75, 3.05) is 13.1 Å². The monoisotopic (exact) mass is 288 g/mol. The summed E-state index contributed by atoms with van der Waals surface area (Å²) in [7, 11) is -10.2. The standard InChI is InChI=1S/C7H18N2O6P2/c8-7(16(10,11)12,17(13,14)15)4-6-2-1-3-9-5-6/h6,9H,1-5,8H2,(H2,10,11,12)(H2,13,14,15). The van der Waals surface area contributed by atoms with Crippen LogP contribution in [0.2, 0.25) is 0 Å². The Kier molecular flexibility index (Phi) is 4.56. The van der Waals surface area contributed by atoms with Gasteiger partial charge in [0, 0.05) is 0 Å². The summed E-state index contributed by atoms with van der Waals surface area (Å²) in [4.78, 5) is 36.3. The highest BCUT2D eigenvalue weighted by atomic mass is 31.2. The quantitative estimate of drug-likeness (QED) is 0.373. The number of hydrogen-bond donors (Lipinski definition) is 6. The van der Waals surface area contributed by atoms with Crippen LogP contribution in [0.5, 0.6) is 0 Å². The first kappa shape index (κ1) is 15.3. The van der Waals surface area contributed by atoms with E-state index in [0.29, 0.717) is 13.0 Å². The van der Waals surface area contributed by atoms with Crippen LogP contribution >= 0.6 is 15.2 Å². The highest BCUT2D eigenvalue weighted by Gasteiger charge is 2.58. The summed E-state index contributed by atoms with van der Waals surface area (Å²) in [6.07, 6.45) is 1.05. The third-order valence-corrected chi connectivity index (χ3v) is 6.94. The molecule has 1 heterocycles. The van der Waals surface area contributed by atoms with Gasteiger partial charge in [0.05, 0.1) is 0 Å². The van der Waals surface area contributed by atoms with Gasteiger partial charge >= 0.3 is 15.2 Å². The Morgan fingerprint density at radius 1 is 1.24 bits per heavy atom. The minimum absolute atomic E-state index is 0.242. The van der Waals surface area contributed by atoms with Crippen molar-refractivity contribution in [1.82, 2.24) is 5.32 Å². The Balaban J connectivity index is 2.92. The van der Waals surface area contributed by atoms with Crippen molar-refractivity contribution in [2.45, 2.75) is 24.3 Å². The summed E-state index contributed by atoms with van der Waals surface area (Å²) >= 11 is 0. The molecule has 0 aliphatic carbocycles. The average molecular weight is 288 g/mol. The molecule has 0 aromatic rings. The molecule has 1 aliphatic heterocycles. The fraction of sp³-hybridized carbons (Fsp3) is 1.00. The van der Waals surface area contributed by atoms with Crippen molar-refractivity contribution in [1.29, 1.82) is 0 Å². The van der Waals surface area contributed by atoms with E-state index in [0.717, 1.165) is 13.0 Å². The molecule has 0 saturated carbocycles. The predicted octanol–water partition coefficient (Wildman–Crippen LogP) is -0.656. The fourth-order valence-corrected chi connectivity index (χ4v) is 4.28. The maximum atomic E-state index is 11.2. The average Bonchev–Trinajstić information content (AvgIpc) is 2.15. The summed E-state index contributed by atoms with van der Waals surface area (Å²) in [5.41, 5.74) is 5.33. The molecular formula is C7H18N2O6P2. The van der Waals surface area contributed by atoms with E-state index in [9.17, 15) is 9.13 Å². The number of nitrogens with two attached hydrogens (primary N) is 1. The van der Waals surface area contributed by atoms with Gasteiger partial charge in [0.25, 0.3) is 0 Å². The second-order valence-corrected chi connectivity index (χ2v) is 8.51. The van der Waals surface area contributed by atoms with Crippen LogP contribution in [0.1, 0.15) is 19.3 Å². The van der Waals surface area contributed by atoms with Gasteiger partial charge in [0.15, 0.2) is 0 Å². The molecule has 0 radical (unpaired) electrons. The minimum atomic E-state index is -5.09. The summed E-state index contributed by atoms with van der Waals surface area (Å²) in [5, 5.41) is 0.225. The third-order valence-electron chi connectivity index (χ3n) is 3.00. The normalized spacial score (nSPS) is 23.7. The van der Waals surface area contributed by atoms with Gasteiger partial charge in [-0.1, -0.05) is 0 Å². The van der Waals surface area contributed by atoms with Gasteiger partial charge in [-0.25, -0.2) is 0 Å². The Morgan fingerprint density at radius 3 is 2.12 bits per heavy atom. The van der Waals surface area contributed by atoms with Gasteiger partial charge in [-0.3, -0.25) is 9.13 Å². The Bertz CT molecular complexity index is 335. The lowest BCUT2D eigenvalue weighted by molar-refractivity contribution is 0.268. The van der Waals surface area contributed by atoms with Gasteiger partial charge in [0.2, 0.25) is 5.02 Å². The van der Waals surface area contributed by atoms with Crippen LogP contribution < -0.4 is 11.1 Å². The molecule has 1 saturated heterocycles. The molecule has 102 valence electrons. The van der Waals surface area contributed by atoms with Gasteiger partial charge < -0.3 is 30.6 Å². The van der Waals surface area contributed by atoms with E-state index in [4.69, 9.17) is 25.3 Å². The molecule has 8 nitrogen and oxygen atoms in total. The highest BCUT2D eigenvalue weighted by Crippen LogP contribution is 2.68. The molecule has 1 rings (SSSR count). The second-order valence-electron chi connectivity index (χ2n) is 4.38. The van der Waals surface area contributed by atoms with Gasteiger partial charge in [-0.05, 0) is 38.3 Å². The SMILES string of the molecule is NC(CC1CCCNC1)(P(=O)(O)O)P(=O)(O)O. The van der Waals surface area contributed by atoms with Crippen molar-refractivity contribution >= 4 is 15.2 Å². The van der Waals surface area contributed by atoms with E-state index in [1.165, 1.54) is 0 Å². The Morgan fingerprint density at radius 2 is 1.76 bits per heavy atom. The summed E-state index contributed by atoms with van der Waals surface area (Å²) in [5.74, 6) is -0.242. The number of rotatable bonds is 4. The predicted molar refractivity (Wildman–Crippen MR) is 61.2 cm³/mol. The molecule has 0 aromatic heterocycles. The molecule has 1 fully saturated rings. The summed E-state index contributed by atoms with van der Waals surface area (Å²) in [6, 6.07) is 0. The smallest absolute Gasteiger partial charge is 0.323 e. The Hall–Kier alpha value is 0.220. The Labute approximate surface area is 98.9 Å². The molecule has 1 aliphatic rings. The molecule has 0 spiro atoms. The topological polar surface area (TPSA) is 153 Å². The lowest BCUT2D eigenvalue weighted by Crippen LogP contribution is -2.44. The largest absolute Gasteiger partial charge is 0.357 e. The van der Waals surface area contributed by atoms with Crippen LogP contribution in [0.4, 0.5) is 0 Å². The molecule has 0 bridgehead atoms. The summed E-state index contributed by atoms with van der Waals surface area (Å²) in [6.45, 7) is 1.25. The fourth-order valence-electron chi connectivity index (χ4n) is 1.93. The first-order chi connectivity index (χ1) is 7.58. The van der Waals surface area contributed by atoms with Crippen molar-refractivity contribution < 1.29 is 28.7 Å². The van der Waals surface area contributed by atoms with Gasteiger partial charge in [-0.15, -0.1) is 0 Å². The maximum Gasteiger partial charge on any atom is 0.357 e. The van der Waals surface area contributed by atoms with Crippen molar-refractivity contribution in [3.8, 4) is 0 Å². The van der Waals surface area contributed by atoms with E-state index < -0.39 is 26.6 Å². The van der Waals surface area contributed by atoms with E-state index in [-0.39, 0.29) is 5.92 Å². The van der Waals surface area contributed by atoms with E-state index in [1.807, 2.05) is 0 Å². The molecule has 10 heteroatoms. The zero-order chi connectivity index (χ0) is 13.3. The lowest BCUT2D eigenvalue weighted by Gasteiger charge is -2.35. The molecule has 0 aromatic carbocycles. The van der Waals surface area contributed by atoms with E-state index >= 15 is 0 Å². The molecule has 17 heavy (non-hydrogen) atoms. The third kappa shape index (κ3) is 3.36. The molecule has 1 atom stereocenters. The van der Waals surface area contributed by atoms with Crippen LogP contribution in [-0.4, -0.2) is 37.7 Å². The zero-order valence-electron chi connectivity index (χ0n) is 9.19. The molecular weight excluding hydrogens is 270 g/mol. The van der Waals surface area contributed by atoms with E-state index in [1.54, 1.807) is 0 Å². The van der Waals surface area contributed by atoms with Crippen LogP contribution in [0.25, 0.3) is 0 Å². The van der Waals surface area contributed by atoms with Crippen LogP contribution in [0, 0.1) is 5.92 Å². The van der Waals surface area contributed by atoms with Crippen LogP contribution in [-0.2, 0) is 9.13 Å². The first-order valence-corrected chi connectivity index (χ1v) is 8.41. The zero-order valence-corrected chi connectivity index (χ0v) is 11.0. The molecule has 1 unspecified atom stereocenters. The van der Waals surface area contributed by atoms with E-state index in [2.05, 4.69) is 5.32 Å². The maximum absolute atomic E-state index is 11.2. The number of hydrogen-bond acceptors (Lipinski definition) is 4. The van der Waals surface area contributed by atoms with Crippen LogP contribution in [0.15, 0.2) is 0 Å². The van der Waals surface area contributed by atoms with Crippen LogP contribution in [0.3, 0.4) is 0 Å². The minimum Gasteiger partial charge on any atom is -0.323 e. The lowest BCUT2D eigenvalue weighted by atomic mass is 9.96. The van der Waals surface area contributed by atoms with Gasteiger partial charge in [0.1, 0.15) is 0 Å². The summed E-state index contributed by atoms with van der Waals surface area (Å²) < 4.78 is 22.5. The van der Waals surface area contributed by atoms with Crippen molar-refractivity contribution in [2.24, 2.45) is 11.7 Å². The van der Waals surface area contributed by atoms with Gasteiger partial charge in [-0.2, -0.15) is 0 Å². The molecule has 7 N–H and O–H groups in total. The first-order valence-electron chi connectivity index (χ1n) is 5.19. The van der Waals surface area contributed by atoms with Crippen molar-refractivity contribution in [3.05, 3.63) is 0 Å².